The monoisotopic (exact) mass is 254 g/mol. The molecule has 1 aliphatic carbocycles. The van der Waals surface area contributed by atoms with Gasteiger partial charge in [0.15, 0.2) is 0 Å². The van der Waals surface area contributed by atoms with Gasteiger partial charge < -0.3 is 15.4 Å². The Morgan fingerprint density at radius 3 is 2.78 bits per heavy atom. The van der Waals surface area contributed by atoms with Gasteiger partial charge in [-0.1, -0.05) is 6.92 Å². The minimum Gasteiger partial charge on any atom is -0.378 e. The molecule has 1 amide bonds. The van der Waals surface area contributed by atoms with Gasteiger partial charge in [-0.3, -0.25) is 4.79 Å². The number of carbonyl (C=O) groups excluding carboxylic acids is 1. The molecular formula is C14H26N2O2. The van der Waals surface area contributed by atoms with E-state index in [0.29, 0.717) is 30.3 Å². The lowest BCUT2D eigenvalue weighted by Gasteiger charge is -2.38. The van der Waals surface area contributed by atoms with Gasteiger partial charge in [-0.2, -0.15) is 0 Å². The van der Waals surface area contributed by atoms with Crippen LogP contribution in [0.25, 0.3) is 0 Å². The summed E-state index contributed by atoms with van der Waals surface area (Å²) < 4.78 is 5.52. The molecule has 1 aliphatic heterocycles. The lowest BCUT2D eigenvalue weighted by molar-refractivity contribution is -0.136. The van der Waals surface area contributed by atoms with E-state index in [1.807, 2.05) is 11.8 Å². The van der Waals surface area contributed by atoms with Crippen LogP contribution < -0.4 is 5.73 Å². The zero-order chi connectivity index (χ0) is 13.1. The highest BCUT2D eigenvalue weighted by molar-refractivity contribution is 5.76. The van der Waals surface area contributed by atoms with Gasteiger partial charge in [0.2, 0.25) is 5.91 Å². The second kappa shape index (κ2) is 6.02. The molecule has 0 spiro atoms. The first-order valence-electron chi connectivity index (χ1n) is 7.25. The fraction of sp³-hybridized carbons (Fsp3) is 0.929. The molecule has 0 aromatic carbocycles. The fourth-order valence-corrected chi connectivity index (χ4v) is 2.98. The molecule has 2 N–H and O–H groups in total. The summed E-state index contributed by atoms with van der Waals surface area (Å²) in [7, 11) is 0. The summed E-state index contributed by atoms with van der Waals surface area (Å²) in [6, 6.07) is 0.264. The molecule has 0 aromatic rings. The fourth-order valence-electron chi connectivity index (χ4n) is 2.98. The first kappa shape index (κ1) is 13.8. The molecule has 1 saturated carbocycles. The van der Waals surface area contributed by atoms with Crippen molar-refractivity contribution in [2.24, 2.45) is 17.6 Å². The number of likely N-dealkylation sites (tertiary alicyclic amines) is 1. The molecule has 0 bridgehead atoms. The first-order valence-corrected chi connectivity index (χ1v) is 7.25. The number of nitrogens with two attached hydrogens (primary N) is 1. The highest BCUT2D eigenvalue weighted by atomic mass is 16.5. The Balaban J connectivity index is 1.70. The van der Waals surface area contributed by atoms with E-state index in [1.54, 1.807) is 0 Å². The third-order valence-corrected chi connectivity index (χ3v) is 4.38. The number of piperidine rings is 1. The van der Waals surface area contributed by atoms with Crippen LogP contribution in [0.3, 0.4) is 0 Å². The van der Waals surface area contributed by atoms with E-state index >= 15 is 0 Å². The smallest absolute Gasteiger partial charge is 0.222 e. The molecule has 4 nitrogen and oxygen atoms in total. The second-order valence-electron chi connectivity index (χ2n) is 5.89. The van der Waals surface area contributed by atoms with Gasteiger partial charge in [-0.15, -0.1) is 0 Å². The van der Waals surface area contributed by atoms with Crippen LogP contribution in [0.2, 0.25) is 0 Å². The number of carbonyl (C=O) groups is 1. The summed E-state index contributed by atoms with van der Waals surface area (Å²) in [5, 5.41) is 0. The van der Waals surface area contributed by atoms with Crippen molar-refractivity contribution < 1.29 is 9.53 Å². The summed E-state index contributed by atoms with van der Waals surface area (Å²) in [4.78, 5) is 14.2. The van der Waals surface area contributed by atoms with Gasteiger partial charge in [-0.05, 0) is 38.0 Å². The maximum Gasteiger partial charge on any atom is 0.222 e. The van der Waals surface area contributed by atoms with Crippen molar-refractivity contribution in [3.05, 3.63) is 0 Å². The average Bonchev–Trinajstić information content (AvgIpc) is 2.30. The van der Waals surface area contributed by atoms with E-state index in [0.717, 1.165) is 39.0 Å². The molecule has 2 unspecified atom stereocenters. The highest BCUT2D eigenvalue weighted by Gasteiger charge is 2.33. The van der Waals surface area contributed by atoms with Crippen molar-refractivity contribution in [2.45, 2.75) is 51.7 Å². The Bertz CT molecular complexity index is 290. The SMILES string of the molecule is CCOC1CC(CC(=O)N2CCC(N)C(C)C2)C1. The molecule has 2 fully saturated rings. The maximum atomic E-state index is 12.2. The van der Waals surface area contributed by atoms with Crippen LogP contribution in [0.5, 0.6) is 0 Å². The number of hydrogen-bond acceptors (Lipinski definition) is 3. The maximum absolute atomic E-state index is 12.2. The number of ether oxygens (including phenoxy) is 1. The predicted octanol–water partition coefficient (Wildman–Crippen LogP) is 1.39. The Morgan fingerprint density at radius 2 is 2.17 bits per heavy atom. The topological polar surface area (TPSA) is 55.6 Å². The first-order chi connectivity index (χ1) is 8.60. The Hall–Kier alpha value is -0.610. The van der Waals surface area contributed by atoms with Gasteiger partial charge >= 0.3 is 0 Å². The molecule has 2 atom stereocenters. The average molecular weight is 254 g/mol. The molecule has 1 heterocycles. The standard InChI is InChI=1S/C14H26N2O2/c1-3-18-12-6-11(7-12)8-14(17)16-5-4-13(15)10(2)9-16/h10-13H,3-9,15H2,1-2H3. The van der Waals surface area contributed by atoms with Crippen molar-refractivity contribution >= 4 is 5.91 Å². The van der Waals surface area contributed by atoms with Gasteiger partial charge in [-0.25, -0.2) is 0 Å². The van der Waals surface area contributed by atoms with Crippen molar-refractivity contribution in [3.63, 3.8) is 0 Å². The minimum atomic E-state index is 0.264. The number of hydrogen-bond donors (Lipinski definition) is 1. The normalized spacial score (nSPS) is 36.3. The van der Waals surface area contributed by atoms with Crippen LogP contribution in [-0.2, 0) is 9.53 Å². The predicted molar refractivity (Wildman–Crippen MR) is 71.1 cm³/mol. The number of rotatable bonds is 4. The van der Waals surface area contributed by atoms with Gasteiger partial charge in [0.1, 0.15) is 0 Å². The Morgan fingerprint density at radius 1 is 1.44 bits per heavy atom. The molecule has 104 valence electrons. The largest absolute Gasteiger partial charge is 0.378 e. The summed E-state index contributed by atoms with van der Waals surface area (Å²) in [6.07, 6.45) is 4.16. The summed E-state index contributed by atoms with van der Waals surface area (Å²) in [6.45, 7) is 6.62. The van der Waals surface area contributed by atoms with Gasteiger partial charge in [0, 0.05) is 32.2 Å². The van der Waals surface area contributed by atoms with Crippen molar-refractivity contribution in [3.8, 4) is 0 Å². The zero-order valence-corrected chi connectivity index (χ0v) is 11.6. The minimum absolute atomic E-state index is 0.264. The third-order valence-electron chi connectivity index (χ3n) is 4.38. The molecule has 0 aromatic heterocycles. The molecular weight excluding hydrogens is 228 g/mol. The number of nitrogens with zero attached hydrogens (tertiary/aromatic N) is 1. The van der Waals surface area contributed by atoms with E-state index in [2.05, 4.69) is 6.92 Å². The van der Waals surface area contributed by atoms with Crippen LogP contribution in [0.15, 0.2) is 0 Å². The zero-order valence-electron chi connectivity index (χ0n) is 11.6. The molecule has 18 heavy (non-hydrogen) atoms. The van der Waals surface area contributed by atoms with Gasteiger partial charge in [0.05, 0.1) is 6.10 Å². The molecule has 1 saturated heterocycles. The van der Waals surface area contributed by atoms with Crippen molar-refractivity contribution in [1.29, 1.82) is 0 Å². The van der Waals surface area contributed by atoms with E-state index in [-0.39, 0.29) is 6.04 Å². The quantitative estimate of drug-likeness (QED) is 0.825. The van der Waals surface area contributed by atoms with Crippen LogP contribution in [0, 0.1) is 11.8 Å². The van der Waals surface area contributed by atoms with Crippen molar-refractivity contribution in [2.75, 3.05) is 19.7 Å². The lowest BCUT2D eigenvalue weighted by Crippen LogP contribution is -2.49. The molecule has 2 rings (SSSR count). The summed E-state index contributed by atoms with van der Waals surface area (Å²) >= 11 is 0. The van der Waals surface area contributed by atoms with Crippen molar-refractivity contribution in [1.82, 2.24) is 4.90 Å². The van der Waals surface area contributed by atoms with E-state index in [4.69, 9.17) is 10.5 Å². The molecule has 2 aliphatic rings. The van der Waals surface area contributed by atoms with Crippen LogP contribution in [0.1, 0.15) is 39.5 Å². The van der Waals surface area contributed by atoms with Gasteiger partial charge in [0.25, 0.3) is 0 Å². The number of amides is 1. The summed E-state index contributed by atoms with van der Waals surface area (Å²) in [5.41, 5.74) is 5.98. The van der Waals surface area contributed by atoms with Crippen LogP contribution >= 0.6 is 0 Å². The third kappa shape index (κ3) is 3.23. The van der Waals surface area contributed by atoms with E-state index in [1.165, 1.54) is 0 Å². The van der Waals surface area contributed by atoms with E-state index in [9.17, 15) is 4.79 Å². The van der Waals surface area contributed by atoms with E-state index < -0.39 is 0 Å². The summed E-state index contributed by atoms with van der Waals surface area (Å²) in [5.74, 6) is 1.29. The Kier molecular flexibility index (Phi) is 4.62. The molecule has 0 radical (unpaired) electrons. The van der Waals surface area contributed by atoms with Crippen LogP contribution in [-0.4, -0.2) is 42.6 Å². The Labute approximate surface area is 110 Å². The molecule has 4 heteroatoms. The van der Waals surface area contributed by atoms with Crippen LogP contribution in [0.4, 0.5) is 0 Å². The second-order valence-corrected chi connectivity index (χ2v) is 5.89. The lowest BCUT2D eigenvalue weighted by atomic mass is 9.79. The highest BCUT2D eigenvalue weighted by Crippen LogP contribution is 2.33.